The number of esters is 1. The van der Waals surface area contributed by atoms with Crippen molar-refractivity contribution in [1.82, 2.24) is 4.90 Å². The second-order valence-corrected chi connectivity index (χ2v) is 17.6. The molecule has 10 atom stereocenters. The standard InChI is InChI=1S/C46H62N4O11/c1-12-24(4)50-19-17-46(18-20-50)48-34-31-32-39(54)28(8)42-33(31)43(56)45(10,61-42)59-21-16-30(58-11)25(5)41(60-29(9)51)27(7)38(53)26(6)37(52)22(2)14-13-15-23(3)44(57)47-36(40(32)55)35(34)49-46/h13-16,21-22,24-27,30,37-38,41,48,52-55H,12,17-20H2,1-11H3/b14-13?,21-16-,23-15-,47-36?/t22-,24?,25+,26+,27+,30-,37-,38+,41+,45-/m0/s1. The van der Waals surface area contributed by atoms with Crippen LogP contribution in [0.25, 0.3) is 10.8 Å². The lowest BCUT2D eigenvalue weighted by molar-refractivity contribution is -0.160. The number of anilines is 1. The predicted octanol–water partition coefficient (Wildman–Crippen LogP) is 4.89. The highest BCUT2D eigenvalue weighted by atomic mass is 16.7. The van der Waals surface area contributed by atoms with Gasteiger partial charge in [-0.3, -0.25) is 19.4 Å². The number of hydrogen-bond donors (Lipinski definition) is 5. The molecular weight excluding hydrogens is 785 g/mol. The van der Waals surface area contributed by atoms with Crippen LogP contribution in [-0.4, -0.2) is 105 Å². The summed E-state index contributed by atoms with van der Waals surface area (Å²) < 4.78 is 24.0. The zero-order valence-corrected chi connectivity index (χ0v) is 37.1. The third-order valence-electron chi connectivity index (χ3n) is 13.4. The molecule has 1 unspecified atom stereocenters. The minimum absolute atomic E-state index is 0.0536. The summed E-state index contributed by atoms with van der Waals surface area (Å²) in [6.07, 6.45) is 6.05. The number of ether oxygens (including phenoxy) is 4. The number of piperidine rings is 1. The maximum Gasteiger partial charge on any atom is 0.312 e. The Morgan fingerprint density at radius 2 is 1.67 bits per heavy atom. The summed E-state index contributed by atoms with van der Waals surface area (Å²) in [5.41, 5.74) is -0.115. The Balaban J connectivity index is 1.56. The van der Waals surface area contributed by atoms with Gasteiger partial charge in [-0.2, -0.15) is 0 Å². The van der Waals surface area contributed by atoms with Crippen LogP contribution < -0.4 is 20.8 Å². The van der Waals surface area contributed by atoms with Gasteiger partial charge < -0.3 is 49.6 Å². The molecule has 5 aliphatic heterocycles. The van der Waals surface area contributed by atoms with Crippen molar-refractivity contribution in [2.45, 2.75) is 130 Å². The van der Waals surface area contributed by atoms with E-state index in [0.29, 0.717) is 24.6 Å². The number of benzene rings is 2. The number of nitrogens with one attached hydrogen (secondary N) is 1. The van der Waals surface area contributed by atoms with Crippen LogP contribution in [-0.2, 0) is 23.8 Å². The van der Waals surface area contributed by atoms with E-state index >= 15 is 0 Å². The van der Waals surface area contributed by atoms with E-state index in [1.165, 1.54) is 27.2 Å². The predicted molar refractivity (Wildman–Crippen MR) is 228 cm³/mol. The number of fused-ring (bicyclic) bond motifs is 13. The van der Waals surface area contributed by atoms with Crippen molar-refractivity contribution >= 4 is 34.1 Å². The Morgan fingerprint density at radius 1 is 1.00 bits per heavy atom. The van der Waals surface area contributed by atoms with Crippen molar-refractivity contribution in [3.63, 3.8) is 0 Å². The molecule has 5 N–H and O–H groups in total. The number of aliphatic hydroxyl groups is 2. The average Bonchev–Trinajstić information content (AvgIpc) is 3.73. The van der Waals surface area contributed by atoms with Gasteiger partial charge in [-0.05, 0) is 33.3 Å². The Morgan fingerprint density at radius 3 is 2.30 bits per heavy atom. The van der Waals surface area contributed by atoms with Crippen molar-refractivity contribution in [2.75, 3.05) is 25.5 Å². The minimum atomic E-state index is -1.95. The van der Waals surface area contributed by atoms with E-state index in [1.54, 1.807) is 65.8 Å². The summed E-state index contributed by atoms with van der Waals surface area (Å²) in [5, 5.41) is 50.6. The van der Waals surface area contributed by atoms with Crippen molar-refractivity contribution in [3.05, 3.63) is 58.0 Å². The highest BCUT2D eigenvalue weighted by Crippen LogP contribution is 2.51. The van der Waals surface area contributed by atoms with Gasteiger partial charge >= 0.3 is 11.8 Å². The van der Waals surface area contributed by atoms with Gasteiger partial charge in [-0.1, -0.05) is 52.8 Å². The van der Waals surface area contributed by atoms with E-state index in [2.05, 4.69) is 29.1 Å². The summed E-state index contributed by atoms with van der Waals surface area (Å²) in [5.74, 6) is -7.03. The van der Waals surface area contributed by atoms with E-state index in [0.717, 1.165) is 19.5 Å². The number of phenolic OH excluding ortho intramolecular Hbond substituents is 2. The normalized spacial score (nSPS) is 32.6. The van der Waals surface area contributed by atoms with E-state index in [9.17, 15) is 34.8 Å². The van der Waals surface area contributed by atoms with Crippen LogP contribution in [0.3, 0.4) is 0 Å². The third-order valence-corrected chi connectivity index (χ3v) is 13.4. The van der Waals surface area contributed by atoms with Gasteiger partial charge in [0.25, 0.3) is 11.7 Å². The van der Waals surface area contributed by atoms with Crippen LogP contribution in [0, 0.1) is 30.6 Å². The molecule has 5 heterocycles. The van der Waals surface area contributed by atoms with Crippen LogP contribution in [0.15, 0.2) is 46.1 Å². The highest BCUT2D eigenvalue weighted by molar-refractivity contribution is 6.21. The number of rotatable bonds is 4. The minimum Gasteiger partial charge on any atom is -0.507 e. The number of Topliss-reactive ketones (excluding diaryl/α,β-unsaturated/α-hetero) is 1. The molecule has 1 amide bonds. The summed E-state index contributed by atoms with van der Waals surface area (Å²) in [4.78, 5) is 52.9. The molecule has 2 aromatic carbocycles. The zero-order chi connectivity index (χ0) is 44.9. The van der Waals surface area contributed by atoms with Crippen LogP contribution in [0.4, 0.5) is 5.69 Å². The molecular formula is C46H62N4O11. The third kappa shape index (κ3) is 8.29. The largest absolute Gasteiger partial charge is 0.507 e. The number of aliphatic hydroxyl groups excluding tert-OH is 2. The quantitative estimate of drug-likeness (QED) is 0.205. The number of methoxy groups -OCH3 is 1. The zero-order valence-electron chi connectivity index (χ0n) is 37.1. The SMILES string of the molecule is CCC(C)N1CCC2(CC1)N=c1c(c3c4c5c(C)c(O)c3c(O)c1=NC(=O)/C(C)=C\C=C[C@H](C)[C@H](O)[C@@H](C)[C@@H](O)[C@@H](C)[C@H](OC(C)=O)[C@H](C)[C@@H](OC)/C=C\O[C@@](C)(O5)C4=O)N2. The molecule has 7 rings (SSSR count). The topological polar surface area (TPSA) is 209 Å². The molecule has 5 bridgehead atoms. The highest BCUT2D eigenvalue weighted by Gasteiger charge is 2.51. The number of phenols is 2. The smallest absolute Gasteiger partial charge is 0.312 e. The monoisotopic (exact) mass is 846 g/mol. The van der Waals surface area contributed by atoms with E-state index < -0.39 is 82.9 Å². The first kappa shape index (κ1) is 45.7. The first-order chi connectivity index (χ1) is 28.7. The molecule has 1 fully saturated rings. The Kier molecular flexibility index (Phi) is 13.1. The summed E-state index contributed by atoms with van der Waals surface area (Å²) in [7, 11) is 1.47. The number of amides is 1. The molecule has 61 heavy (non-hydrogen) atoms. The lowest BCUT2D eigenvalue weighted by atomic mass is 9.78. The number of hydrogen-bond acceptors (Lipinski definition) is 14. The lowest BCUT2D eigenvalue weighted by Gasteiger charge is -2.40. The van der Waals surface area contributed by atoms with Gasteiger partial charge in [0.05, 0.1) is 41.2 Å². The fraction of sp³-hybridized carbons (Fsp3) is 0.587. The number of allylic oxidation sites excluding steroid dienone is 2. The second kappa shape index (κ2) is 17.5. The van der Waals surface area contributed by atoms with Crippen LogP contribution >= 0.6 is 0 Å². The number of likely N-dealkylation sites (tertiary alicyclic amines) is 1. The number of carbonyl (C=O) groups is 3. The number of carbonyl (C=O) groups excluding carboxylic acids is 3. The average molecular weight is 847 g/mol. The number of ketones is 1. The van der Waals surface area contributed by atoms with Crippen LogP contribution in [0.1, 0.15) is 97.5 Å². The van der Waals surface area contributed by atoms with Gasteiger partial charge in [-0.15, -0.1) is 0 Å². The Hall–Kier alpha value is -4.83. The molecule has 1 spiro atoms. The molecule has 15 nitrogen and oxygen atoms in total. The van der Waals surface area contributed by atoms with Crippen molar-refractivity contribution < 1.29 is 53.8 Å². The van der Waals surface area contributed by atoms with Gasteiger partial charge in [-0.25, -0.2) is 4.99 Å². The maximum absolute atomic E-state index is 14.7. The first-order valence-electron chi connectivity index (χ1n) is 21.3. The Bertz CT molecular complexity index is 2300. The summed E-state index contributed by atoms with van der Waals surface area (Å²) >= 11 is 0. The first-order valence-corrected chi connectivity index (χ1v) is 21.3. The Labute approximate surface area is 356 Å². The van der Waals surface area contributed by atoms with Gasteiger partial charge in [0.1, 0.15) is 34.0 Å². The van der Waals surface area contributed by atoms with Gasteiger partial charge in [0, 0.05) is 93.1 Å². The van der Waals surface area contributed by atoms with Crippen molar-refractivity contribution in [2.24, 2.45) is 33.7 Å². The molecule has 0 aliphatic carbocycles. The van der Waals surface area contributed by atoms with E-state index in [1.807, 2.05) is 0 Å². The van der Waals surface area contributed by atoms with Gasteiger partial charge in [0.2, 0.25) is 0 Å². The molecule has 5 aliphatic rings. The van der Waals surface area contributed by atoms with Crippen LogP contribution in [0.5, 0.6) is 17.2 Å². The van der Waals surface area contributed by atoms with E-state index in [-0.39, 0.29) is 49.7 Å². The van der Waals surface area contributed by atoms with Crippen molar-refractivity contribution in [3.8, 4) is 17.2 Å². The molecule has 332 valence electrons. The number of aromatic hydroxyl groups is 2. The number of nitrogens with zero attached hydrogens (tertiary/aromatic N) is 3. The van der Waals surface area contributed by atoms with Gasteiger partial charge in [0.15, 0.2) is 5.75 Å². The molecule has 0 aromatic heterocycles. The molecule has 0 saturated carbocycles. The van der Waals surface area contributed by atoms with Crippen molar-refractivity contribution in [1.29, 1.82) is 0 Å². The fourth-order valence-corrected chi connectivity index (χ4v) is 9.21. The lowest BCUT2D eigenvalue weighted by Crippen LogP contribution is -2.49. The molecule has 1 saturated heterocycles. The second-order valence-electron chi connectivity index (χ2n) is 17.6. The van der Waals surface area contributed by atoms with Crippen LogP contribution in [0.2, 0.25) is 0 Å². The molecule has 0 radical (unpaired) electrons. The molecule has 15 heteroatoms. The maximum atomic E-state index is 14.7. The fourth-order valence-electron chi connectivity index (χ4n) is 9.21. The van der Waals surface area contributed by atoms with E-state index in [4.69, 9.17) is 23.9 Å². The summed E-state index contributed by atoms with van der Waals surface area (Å²) in [6, 6.07) is 0.359. The summed E-state index contributed by atoms with van der Waals surface area (Å²) in [6.45, 7) is 18.6. The molecule has 2 aromatic rings.